The third kappa shape index (κ3) is 7.46. The molecule has 3 aromatic heterocycles. The van der Waals surface area contributed by atoms with Gasteiger partial charge in [0.25, 0.3) is 17.7 Å². The van der Waals surface area contributed by atoms with Crippen molar-refractivity contribution in [2.75, 3.05) is 65.5 Å². The summed E-state index contributed by atoms with van der Waals surface area (Å²) in [6.07, 6.45) is 2.46. The Morgan fingerprint density at radius 1 is 0.612 bits per heavy atom. The second-order valence-electron chi connectivity index (χ2n) is 17.2. The molecule has 3 aliphatic rings. The third-order valence-electron chi connectivity index (χ3n) is 13.4. The Morgan fingerprint density at radius 3 is 1.61 bits per heavy atom. The monoisotopic (exact) mass is 892 g/mol. The molecule has 5 aromatic carbocycles. The van der Waals surface area contributed by atoms with Crippen molar-refractivity contribution < 1.29 is 24.3 Å². The van der Waals surface area contributed by atoms with Gasteiger partial charge in [-0.25, -0.2) is 0 Å². The average molecular weight is 893 g/mol. The molecule has 11 rings (SSSR count). The van der Waals surface area contributed by atoms with Crippen LogP contribution < -0.4 is 24.9 Å². The van der Waals surface area contributed by atoms with Crippen LogP contribution in [0.5, 0.6) is 0 Å². The summed E-state index contributed by atoms with van der Waals surface area (Å²) in [6.45, 7) is 4.86. The summed E-state index contributed by atoms with van der Waals surface area (Å²) in [5, 5.41) is 23.3. The van der Waals surface area contributed by atoms with Crippen molar-refractivity contribution in [3.05, 3.63) is 143 Å². The lowest BCUT2D eigenvalue weighted by Crippen LogP contribution is -2.39. The van der Waals surface area contributed by atoms with Crippen molar-refractivity contribution in [1.82, 2.24) is 20.3 Å². The van der Waals surface area contributed by atoms with E-state index in [2.05, 4.69) is 35.4 Å². The van der Waals surface area contributed by atoms with Crippen molar-refractivity contribution in [3.8, 4) is 0 Å². The van der Waals surface area contributed by atoms with Crippen molar-refractivity contribution in [3.63, 3.8) is 0 Å². The van der Waals surface area contributed by atoms with Gasteiger partial charge in [0.05, 0.1) is 17.9 Å². The maximum absolute atomic E-state index is 14.3. The molecule has 0 radical (unpaired) electrons. The first-order valence-corrected chi connectivity index (χ1v) is 22.8. The molecule has 0 aliphatic carbocycles. The number of aliphatic hydroxyl groups excluding tert-OH is 1. The number of H-pyrrole nitrogens is 3. The van der Waals surface area contributed by atoms with Crippen LogP contribution in [-0.2, 0) is 24.1 Å². The minimum Gasteiger partial charge on any atom is -0.396 e. The molecule has 0 unspecified atom stereocenters. The van der Waals surface area contributed by atoms with Crippen molar-refractivity contribution in [2.45, 2.75) is 32.6 Å². The largest absolute Gasteiger partial charge is 0.396 e. The normalized spacial score (nSPS) is 14.1. The first-order chi connectivity index (χ1) is 32.8. The van der Waals surface area contributed by atoms with E-state index in [4.69, 9.17) is 5.11 Å². The van der Waals surface area contributed by atoms with E-state index in [1.807, 2.05) is 126 Å². The number of nitrogens with one attached hydrogen (secondary N) is 4. The fourth-order valence-corrected chi connectivity index (χ4v) is 10.0. The predicted octanol–water partition coefficient (Wildman–Crippen LogP) is 8.48. The molecule has 0 fully saturated rings. The number of benzene rings is 5. The van der Waals surface area contributed by atoms with Crippen LogP contribution in [0, 0.1) is 0 Å². The number of likely N-dealkylation sites (N-methyl/N-ethyl adjacent to an activating group) is 1. The molecule has 4 amide bonds. The van der Waals surface area contributed by atoms with Gasteiger partial charge in [-0.3, -0.25) is 19.2 Å². The van der Waals surface area contributed by atoms with Crippen molar-refractivity contribution in [2.24, 2.45) is 10.2 Å². The second kappa shape index (κ2) is 17.1. The smallest absolute Gasteiger partial charge is 0.274 e. The van der Waals surface area contributed by atoms with Crippen LogP contribution in [0.4, 0.5) is 34.1 Å². The number of anilines is 4. The van der Waals surface area contributed by atoms with Crippen LogP contribution in [0.25, 0.3) is 32.7 Å². The van der Waals surface area contributed by atoms with E-state index in [1.54, 1.807) is 4.90 Å². The van der Waals surface area contributed by atoms with Crippen molar-refractivity contribution in [1.29, 1.82) is 0 Å². The first-order valence-electron chi connectivity index (χ1n) is 22.8. The molecule has 3 aliphatic heterocycles. The Hall–Kier alpha value is -8.04. The Morgan fingerprint density at radius 2 is 1.09 bits per heavy atom. The van der Waals surface area contributed by atoms with Crippen LogP contribution in [0.15, 0.2) is 119 Å². The Balaban J connectivity index is 0.778. The quantitative estimate of drug-likeness (QED) is 0.0605. The maximum Gasteiger partial charge on any atom is 0.274 e. The molecule has 15 nitrogen and oxygen atoms in total. The first kappa shape index (κ1) is 41.7. The number of carbonyl (C=O) groups excluding carboxylic acids is 4. The molecule has 15 heteroatoms. The summed E-state index contributed by atoms with van der Waals surface area (Å²) >= 11 is 0. The molecule has 67 heavy (non-hydrogen) atoms. The van der Waals surface area contributed by atoms with Gasteiger partial charge in [0.1, 0.15) is 17.1 Å². The van der Waals surface area contributed by atoms with Gasteiger partial charge >= 0.3 is 0 Å². The van der Waals surface area contributed by atoms with Gasteiger partial charge in [0.2, 0.25) is 5.91 Å². The van der Waals surface area contributed by atoms with E-state index in [0.29, 0.717) is 75.5 Å². The van der Waals surface area contributed by atoms with Crippen LogP contribution in [0.1, 0.15) is 61.5 Å². The zero-order valence-electron chi connectivity index (χ0n) is 36.9. The number of hydrogen-bond donors (Lipinski definition) is 5. The predicted molar refractivity (Wildman–Crippen MR) is 261 cm³/mol. The standard InChI is InChI=1S/C52H48N10O5/c1-2-59(33-11-9-32(10-12-33)58-57-31-7-4-3-5-8-31)30-49(64)60-23-19-34-38-28-44(55-41(38)13-16-46(34)60)51(66)62-25-21-36-39-29-45(56-42(39)15-18-48(36)62)52(67)61-24-20-35-37-27-43(50(65)53-22-6-26-63)54-40(37)14-17-47(35)61/h3-5,7-18,27-29,54-56,63H,2,6,19-26,30H2,1H3,(H,53,65). The highest BCUT2D eigenvalue weighted by atomic mass is 16.3. The highest BCUT2D eigenvalue weighted by molar-refractivity contribution is 6.14. The topological polar surface area (TPSA) is 186 Å². The van der Waals surface area contributed by atoms with Crippen LogP contribution in [0.2, 0.25) is 0 Å². The number of hydrogen-bond acceptors (Lipinski definition) is 8. The van der Waals surface area contributed by atoms with Gasteiger partial charge in [-0.1, -0.05) is 18.2 Å². The molecule has 0 saturated heterocycles. The Bertz CT molecular complexity index is 3300. The van der Waals surface area contributed by atoms with Gasteiger partial charge in [-0.15, -0.1) is 0 Å². The van der Waals surface area contributed by atoms with Gasteiger partial charge < -0.3 is 45.0 Å². The van der Waals surface area contributed by atoms with E-state index in [0.717, 1.165) is 83.5 Å². The Labute approximate surface area is 385 Å². The summed E-state index contributed by atoms with van der Waals surface area (Å²) in [5.74, 6) is -0.513. The third-order valence-corrected chi connectivity index (χ3v) is 13.4. The minimum absolute atomic E-state index is 0.00490. The minimum atomic E-state index is -0.236. The molecule has 6 heterocycles. The van der Waals surface area contributed by atoms with E-state index in [1.165, 1.54) is 0 Å². The summed E-state index contributed by atoms with van der Waals surface area (Å²) < 4.78 is 0. The molecule has 8 aromatic rings. The maximum atomic E-state index is 14.3. The molecular weight excluding hydrogens is 845 g/mol. The highest BCUT2D eigenvalue weighted by Crippen LogP contribution is 2.40. The van der Waals surface area contributed by atoms with E-state index in [-0.39, 0.29) is 36.8 Å². The summed E-state index contributed by atoms with van der Waals surface area (Å²) in [6, 6.07) is 34.6. The highest BCUT2D eigenvalue weighted by Gasteiger charge is 2.33. The fourth-order valence-electron chi connectivity index (χ4n) is 10.0. The molecule has 0 bridgehead atoms. The lowest BCUT2D eigenvalue weighted by Gasteiger charge is -2.26. The zero-order valence-corrected chi connectivity index (χ0v) is 36.9. The SMILES string of the molecule is CCN(CC(=O)N1CCc2c1ccc1[nH]c(C(=O)N3CCc4c3ccc3[nH]c(C(=O)N5CCc6c5ccc5[nH]c(C(=O)NCCCO)cc65)cc43)cc21)c1ccc(N=Nc2ccccc2)cc1. The lowest BCUT2D eigenvalue weighted by atomic mass is 10.1. The molecule has 5 N–H and O–H groups in total. The summed E-state index contributed by atoms with van der Waals surface area (Å²) in [5.41, 5.74) is 11.9. The van der Waals surface area contributed by atoms with Crippen LogP contribution >= 0.6 is 0 Å². The number of fused-ring (bicyclic) bond motifs is 9. The summed E-state index contributed by atoms with van der Waals surface area (Å²) in [7, 11) is 0. The number of rotatable bonds is 12. The number of nitrogens with zero attached hydrogens (tertiary/aromatic N) is 6. The van der Waals surface area contributed by atoms with Gasteiger partial charge in [-0.2, -0.15) is 10.2 Å². The van der Waals surface area contributed by atoms with E-state index in [9.17, 15) is 19.2 Å². The Kier molecular flexibility index (Phi) is 10.6. The summed E-state index contributed by atoms with van der Waals surface area (Å²) in [4.78, 5) is 72.5. The molecule has 0 atom stereocenters. The van der Waals surface area contributed by atoms with Gasteiger partial charge in [-0.05, 0) is 140 Å². The zero-order chi connectivity index (χ0) is 45.8. The molecule has 0 saturated carbocycles. The lowest BCUT2D eigenvalue weighted by molar-refractivity contribution is -0.117. The molecular formula is C52H48N10O5. The number of aliphatic hydroxyl groups is 1. The second-order valence-corrected chi connectivity index (χ2v) is 17.2. The van der Waals surface area contributed by atoms with Crippen LogP contribution in [0.3, 0.4) is 0 Å². The average Bonchev–Trinajstić information content (AvgIpc) is 4.22. The van der Waals surface area contributed by atoms with E-state index >= 15 is 0 Å². The van der Waals surface area contributed by atoms with Crippen molar-refractivity contribution >= 4 is 90.5 Å². The van der Waals surface area contributed by atoms with Gasteiger partial charge in [0, 0.05) is 94.8 Å². The molecule has 0 spiro atoms. The number of amides is 4. The number of aromatic amines is 3. The van der Waals surface area contributed by atoms with Crippen LogP contribution in [-0.4, -0.2) is 89.6 Å². The van der Waals surface area contributed by atoms with Gasteiger partial charge in [0.15, 0.2) is 0 Å². The fraction of sp³-hybridized carbons (Fsp3) is 0.231. The number of carbonyl (C=O) groups is 4. The van der Waals surface area contributed by atoms with E-state index < -0.39 is 0 Å². The number of aromatic nitrogens is 3. The molecule has 336 valence electrons. The number of azo groups is 1.